The molecule has 0 aromatic carbocycles. The van der Waals surface area contributed by atoms with Crippen LogP contribution in [0.3, 0.4) is 0 Å². The van der Waals surface area contributed by atoms with Crippen LogP contribution in [-0.4, -0.2) is 39.8 Å². The van der Waals surface area contributed by atoms with Crippen LogP contribution in [0.2, 0.25) is 0 Å². The lowest BCUT2D eigenvalue weighted by atomic mass is 10.2. The molecule has 0 amide bonds. The van der Waals surface area contributed by atoms with Gasteiger partial charge in [-0.25, -0.2) is 0 Å². The summed E-state index contributed by atoms with van der Waals surface area (Å²) in [4.78, 5) is 4.16. The standard InChI is InChI=1S/C12H27N3O/c1-4-5-6-7-9-14-12(13-2)15-10-8-11-16-3/h4-11H2,1-3H3,(H2,13,14,15). The summed E-state index contributed by atoms with van der Waals surface area (Å²) < 4.78 is 4.98. The summed E-state index contributed by atoms with van der Waals surface area (Å²) >= 11 is 0. The lowest BCUT2D eigenvalue weighted by Gasteiger charge is -2.11. The van der Waals surface area contributed by atoms with Gasteiger partial charge in [0.2, 0.25) is 0 Å². The Balaban J connectivity index is 3.38. The first-order valence-corrected chi connectivity index (χ1v) is 6.28. The maximum atomic E-state index is 4.98. The number of methoxy groups -OCH3 is 1. The van der Waals surface area contributed by atoms with Crippen LogP contribution in [-0.2, 0) is 4.74 Å². The summed E-state index contributed by atoms with van der Waals surface area (Å²) in [5, 5.41) is 6.56. The number of nitrogens with zero attached hydrogens (tertiary/aromatic N) is 1. The monoisotopic (exact) mass is 229 g/mol. The van der Waals surface area contributed by atoms with Crippen LogP contribution >= 0.6 is 0 Å². The first-order valence-electron chi connectivity index (χ1n) is 6.28. The third-order valence-corrected chi connectivity index (χ3v) is 2.36. The normalized spacial score (nSPS) is 11.6. The largest absolute Gasteiger partial charge is 0.385 e. The summed E-state index contributed by atoms with van der Waals surface area (Å²) in [6, 6.07) is 0. The Hall–Kier alpha value is -0.770. The van der Waals surface area contributed by atoms with Gasteiger partial charge in [-0.05, 0) is 12.8 Å². The van der Waals surface area contributed by atoms with Crippen LogP contribution in [0.5, 0.6) is 0 Å². The molecule has 0 bridgehead atoms. The van der Waals surface area contributed by atoms with E-state index in [1.807, 2.05) is 0 Å². The van der Waals surface area contributed by atoms with E-state index in [2.05, 4.69) is 22.5 Å². The van der Waals surface area contributed by atoms with Gasteiger partial charge in [-0.1, -0.05) is 26.2 Å². The van der Waals surface area contributed by atoms with Crippen LogP contribution in [0.1, 0.15) is 39.0 Å². The van der Waals surface area contributed by atoms with E-state index in [0.717, 1.165) is 32.1 Å². The highest BCUT2D eigenvalue weighted by Gasteiger charge is 1.95. The van der Waals surface area contributed by atoms with E-state index >= 15 is 0 Å². The van der Waals surface area contributed by atoms with Gasteiger partial charge in [0.05, 0.1) is 0 Å². The third kappa shape index (κ3) is 9.77. The highest BCUT2D eigenvalue weighted by molar-refractivity contribution is 5.79. The van der Waals surface area contributed by atoms with Crippen molar-refractivity contribution in [2.24, 2.45) is 4.99 Å². The van der Waals surface area contributed by atoms with Crippen molar-refractivity contribution in [1.29, 1.82) is 0 Å². The fraction of sp³-hybridized carbons (Fsp3) is 0.917. The molecule has 4 heteroatoms. The van der Waals surface area contributed by atoms with Crippen LogP contribution in [0.15, 0.2) is 4.99 Å². The molecule has 0 saturated heterocycles. The van der Waals surface area contributed by atoms with Gasteiger partial charge in [-0.15, -0.1) is 0 Å². The smallest absolute Gasteiger partial charge is 0.190 e. The fourth-order valence-corrected chi connectivity index (χ4v) is 1.40. The summed E-state index contributed by atoms with van der Waals surface area (Å²) in [7, 11) is 3.53. The van der Waals surface area contributed by atoms with E-state index in [4.69, 9.17) is 4.74 Å². The summed E-state index contributed by atoms with van der Waals surface area (Å²) in [6.07, 6.45) is 6.12. The van der Waals surface area contributed by atoms with E-state index in [9.17, 15) is 0 Å². The van der Waals surface area contributed by atoms with E-state index < -0.39 is 0 Å². The van der Waals surface area contributed by atoms with Gasteiger partial charge in [0.15, 0.2) is 5.96 Å². The Morgan fingerprint density at radius 1 is 1.06 bits per heavy atom. The minimum Gasteiger partial charge on any atom is -0.385 e. The van der Waals surface area contributed by atoms with Crippen LogP contribution in [0, 0.1) is 0 Å². The average molecular weight is 229 g/mol. The van der Waals surface area contributed by atoms with E-state index in [0.29, 0.717) is 0 Å². The molecule has 0 fully saturated rings. The number of hydrogen-bond donors (Lipinski definition) is 2. The second kappa shape index (κ2) is 12.3. The van der Waals surface area contributed by atoms with Crippen molar-refractivity contribution in [1.82, 2.24) is 10.6 Å². The maximum absolute atomic E-state index is 4.98. The Labute approximate surface area is 99.9 Å². The van der Waals surface area contributed by atoms with Crippen molar-refractivity contribution >= 4 is 5.96 Å². The van der Waals surface area contributed by atoms with Gasteiger partial charge in [0, 0.05) is 33.9 Å². The first-order chi connectivity index (χ1) is 7.85. The quantitative estimate of drug-likeness (QED) is 0.360. The third-order valence-electron chi connectivity index (χ3n) is 2.36. The fourth-order valence-electron chi connectivity index (χ4n) is 1.40. The molecule has 0 heterocycles. The lowest BCUT2D eigenvalue weighted by molar-refractivity contribution is 0.195. The summed E-state index contributed by atoms with van der Waals surface area (Å²) in [5.74, 6) is 0.896. The zero-order valence-electron chi connectivity index (χ0n) is 11.0. The number of hydrogen-bond acceptors (Lipinski definition) is 2. The van der Waals surface area contributed by atoms with Crippen molar-refractivity contribution in [3.63, 3.8) is 0 Å². The van der Waals surface area contributed by atoms with Gasteiger partial charge in [0.1, 0.15) is 0 Å². The number of unbranched alkanes of at least 4 members (excludes halogenated alkanes) is 3. The molecule has 0 rings (SSSR count). The molecule has 0 aliphatic heterocycles. The van der Waals surface area contributed by atoms with Crippen molar-refractivity contribution in [2.45, 2.75) is 39.0 Å². The predicted octanol–water partition coefficient (Wildman–Crippen LogP) is 1.77. The molecule has 0 aromatic rings. The molecule has 0 atom stereocenters. The van der Waals surface area contributed by atoms with E-state index in [1.54, 1.807) is 14.2 Å². The summed E-state index contributed by atoms with van der Waals surface area (Å²) in [6.45, 7) is 4.93. The van der Waals surface area contributed by atoms with Crippen molar-refractivity contribution in [2.75, 3.05) is 33.9 Å². The molecule has 0 aliphatic rings. The SMILES string of the molecule is CCCCCCNC(=NC)NCCCOC. The molecular formula is C12H27N3O. The van der Waals surface area contributed by atoms with Gasteiger partial charge in [-0.3, -0.25) is 4.99 Å². The molecule has 16 heavy (non-hydrogen) atoms. The number of ether oxygens (including phenoxy) is 1. The molecule has 0 spiro atoms. The molecule has 96 valence electrons. The number of nitrogens with one attached hydrogen (secondary N) is 2. The lowest BCUT2D eigenvalue weighted by Crippen LogP contribution is -2.38. The van der Waals surface area contributed by atoms with Crippen molar-refractivity contribution < 1.29 is 4.74 Å². The van der Waals surface area contributed by atoms with E-state index in [-0.39, 0.29) is 0 Å². The second-order valence-electron chi connectivity index (χ2n) is 3.83. The van der Waals surface area contributed by atoms with Crippen molar-refractivity contribution in [3.8, 4) is 0 Å². The Morgan fingerprint density at radius 3 is 2.31 bits per heavy atom. The Morgan fingerprint density at radius 2 is 1.75 bits per heavy atom. The Kier molecular flexibility index (Phi) is 11.7. The highest BCUT2D eigenvalue weighted by atomic mass is 16.5. The molecule has 4 nitrogen and oxygen atoms in total. The second-order valence-corrected chi connectivity index (χ2v) is 3.83. The van der Waals surface area contributed by atoms with Gasteiger partial charge >= 0.3 is 0 Å². The number of guanidine groups is 1. The van der Waals surface area contributed by atoms with Crippen LogP contribution < -0.4 is 10.6 Å². The molecule has 0 unspecified atom stereocenters. The zero-order valence-corrected chi connectivity index (χ0v) is 11.0. The zero-order chi connectivity index (χ0) is 12.1. The number of rotatable bonds is 9. The van der Waals surface area contributed by atoms with Gasteiger partial charge in [-0.2, -0.15) is 0 Å². The number of aliphatic imine (C=N–C) groups is 1. The van der Waals surface area contributed by atoms with Crippen molar-refractivity contribution in [3.05, 3.63) is 0 Å². The van der Waals surface area contributed by atoms with Gasteiger partial charge in [0.25, 0.3) is 0 Å². The minimum atomic E-state index is 0.792. The first kappa shape index (κ1) is 15.2. The maximum Gasteiger partial charge on any atom is 0.190 e. The van der Waals surface area contributed by atoms with Crippen LogP contribution in [0.4, 0.5) is 0 Å². The predicted molar refractivity (Wildman–Crippen MR) is 70.0 cm³/mol. The average Bonchev–Trinajstić information content (AvgIpc) is 2.31. The van der Waals surface area contributed by atoms with E-state index in [1.165, 1.54) is 25.7 Å². The van der Waals surface area contributed by atoms with Gasteiger partial charge < -0.3 is 15.4 Å². The van der Waals surface area contributed by atoms with Crippen LogP contribution in [0.25, 0.3) is 0 Å². The molecule has 2 N–H and O–H groups in total. The molecule has 0 saturated carbocycles. The molecule has 0 aliphatic carbocycles. The molecule has 0 radical (unpaired) electrons. The highest BCUT2D eigenvalue weighted by Crippen LogP contribution is 1.96. The summed E-state index contributed by atoms with van der Waals surface area (Å²) in [5.41, 5.74) is 0. The Bertz CT molecular complexity index is 172. The molecule has 0 aromatic heterocycles. The molecular weight excluding hydrogens is 202 g/mol. The minimum absolute atomic E-state index is 0.792. The topological polar surface area (TPSA) is 45.7 Å².